The summed E-state index contributed by atoms with van der Waals surface area (Å²) in [4.78, 5) is 15.6. The average Bonchev–Trinajstić information content (AvgIpc) is 3.20. The van der Waals surface area contributed by atoms with Crippen molar-refractivity contribution in [2.24, 2.45) is 0 Å². The van der Waals surface area contributed by atoms with Crippen molar-refractivity contribution in [3.63, 3.8) is 0 Å². The van der Waals surface area contributed by atoms with Crippen LogP contribution in [0, 0.1) is 0 Å². The quantitative estimate of drug-likeness (QED) is 0.485. The van der Waals surface area contributed by atoms with Crippen molar-refractivity contribution in [2.75, 3.05) is 6.54 Å². The van der Waals surface area contributed by atoms with Crippen molar-refractivity contribution in [1.29, 1.82) is 0 Å². The average molecular weight is 463 g/mol. The number of nitrogens with one attached hydrogen (secondary N) is 2. The van der Waals surface area contributed by atoms with E-state index >= 15 is 0 Å². The number of aromatic amines is 1. The van der Waals surface area contributed by atoms with E-state index in [2.05, 4.69) is 52.4 Å². The maximum atomic E-state index is 12.5. The number of hydrogen-bond donors (Lipinski definition) is 2. The van der Waals surface area contributed by atoms with Crippen LogP contribution in [0.25, 0.3) is 16.6 Å². The largest absolute Gasteiger partial charge is 0.360 e. The molecule has 0 saturated heterocycles. The van der Waals surface area contributed by atoms with Gasteiger partial charge in [-0.2, -0.15) is 0 Å². The number of nitrogens with zero attached hydrogens (tertiary/aromatic N) is 3. The van der Waals surface area contributed by atoms with Gasteiger partial charge in [0.2, 0.25) is 0 Å². The highest BCUT2D eigenvalue weighted by Gasteiger charge is 2.14. The molecule has 6 nitrogen and oxygen atoms in total. The van der Waals surface area contributed by atoms with Gasteiger partial charge in [0.15, 0.2) is 5.65 Å². The smallest absolute Gasteiger partial charge is 0.253 e. The van der Waals surface area contributed by atoms with E-state index in [0.717, 1.165) is 31.3 Å². The molecule has 3 heterocycles. The number of fused-ring (bicyclic) bond motifs is 2. The summed E-state index contributed by atoms with van der Waals surface area (Å²) in [6.45, 7) is 0.485. The van der Waals surface area contributed by atoms with E-state index in [-0.39, 0.29) is 5.91 Å². The van der Waals surface area contributed by atoms with Crippen LogP contribution < -0.4 is 5.32 Å². The van der Waals surface area contributed by atoms with Crippen LogP contribution in [-0.4, -0.2) is 32.0 Å². The lowest BCUT2D eigenvalue weighted by molar-refractivity contribution is 0.0955. The summed E-state index contributed by atoms with van der Waals surface area (Å²) in [5.74, 6) is 0.704. The maximum absolute atomic E-state index is 12.5. The lowest BCUT2D eigenvalue weighted by Gasteiger charge is -2.04. The van der Waals surface area contributed by atoms with Crippen LogP contribution in [0.1, 0.15) is 16.2 Å². The zero-order chi connectivity index (χ0) is 17.4. The molecule has 2 N–H and O–H groups in total. The molecule has 126 valence electrons. The standard InChI is InChI=1S/C17H13Br2N5O/c18-12-7-10-11(9-21-14(10)8-13(12)19)17(25)20-5-4-16-23-22-15-3-1-2-6-24(15)16/h1-3,6-9,21H,4-5H2,(H,20,25). The van der Waals surface area contributed by atoms with E-state index in [0.29, 0.717) is 18.5 Å². The molecule has 3 aromatic heterocycles. The highest BCUT2D eigenvalue weighted by atomic mass is 79.9. The molecule has 0 unspecified atom stereocenters. The minimum absolute atomic E-state index is 0.116. The summed E-state index contributed by atoms with van der Waals surface area (Å²) in [5, 5.41) is 12.1. The number of pyridine rings is 1. The van der Waals surface area contributed by atoms with Gasteiger partial charge in [0, 0.05) is 45.2 Å². The Morgan fingerprint density at radius 1 is 1.20 bits per heavy atom. The Morgan fingerprint density at radius 3 is 2.92 bits per heavy atom. The monoisotopic (exact) mass is 461 g/mol. The van der Waals surface area contributed by atoms with E-state index < -0.39 is 0 Å². The van der Waals surface area contributed by atoms with Gasteiger partial charge < -0.3 is 10.3 Å². The van der Waals surface area contributed by atoms with Gasteiger partial charge >= 0.3 is 0 Å². The fourth-order valence-electron chi connectivity index (χ4n) is 2.75. The maximum Gasteiger partial charge on any atom is 0.253 e. The molecule has 1 amide bonds. The molecule has 0 bridgehead atoms. The number of hydrogen-bond acceptors (Lipinski definition) is 3. The molecule has 1 aromatic carbocycles. The van der Waals surface area contributed by atoms with Crippen molar-refractivity contribution >= 4 is 54.3 Å². The van der Waals surface area contributed by atoms with Gasteiger partial charge in [0.05, 0.1) is 5.56 Å². The summed E-state index contributed by atoms with van der Waals surface area (Å²) >= 11 is 6.94. The Balaban J connectivity index is 1.48. The Bertz CT molecular complexity index is 1090. The summed E-state index contributed by atoms with van der Waals surface area (Å²) in [7, 11) is 0. The Labute approximate surface area is 159 Å². The van der Waals surface area contributed by atoms with Crippen LogP contribution >= 0.6 is 31.9 Å². The number of rotatable bonds is 4. The number of carbonyl (C=O) groups is 1. The zero-order valence-electron chi connectivity index (χ0n) is 13.0. The first-order chi connectivity index (χ1) is 12.1. The lowest BCUT2D eigenvalue weighted by Crippen LogP contribution is -2.26. The molecule has 0 spiro atoms. The minimum atomic E-state index is -0.116. The molecule has 0 atom stereocenters. The SMILES string of the molecule is O=C(NCCc1nnc2ccccn12)c1c[nH]c2cc(Br)c(Br)cc12. The number of carbonyl (C=O) groups excluding carboxylic acids is 1. The molecular weight excluding hydrogens is 450 g/mol. The Morgan fingerprint density at radius 2 is 2.04 bits per heavy atom. The van der Waals surface area contributed by atoms with Gasteiger partial charge in [-0.05, 0) is 56.1 Å². The number of halogens is 2. The summed E-state index contributed by atoms with van der Waals surface area (Å²) in [6.07, 6.45) is 4.25. The highest BCUT2D eigenvalue weighted by molar-refractivity contribution is 9.13. The predicted molar refractivity (Wildman–Crippen MR) is 103 cm³/mol. The Kier molecular flexibility index (Phi) is 4.30. The molecule has 0 saturated carbocycles. The number of aromatic nitrogens is 4. The minimum Gasteiger partial charge on any atom is -0.360 e. The topological polar surface area (TPSA) is 75.1 Å². The van der Waals surface area contributed by atoms with E-state index in [1.54, 1.807) is 6.20 Å². The normalized spacial score (nSPS) is 11.3. The second-order valence-corrected chi connectivity index (χ2v) is 7.27. The van der Waals surface area contributed by atoms with Crippen LogP contribution in [-0.2, 0) is 6.42 Å². The number of amides is 1. The first-order valence-corrected chi connectivity index (χ1v) is 9.25. The molecule has 4 aromatic rings. The van der Waals surface area contributed by atoms with Crippen LogP contribution in [0.15, 0.2) is 51.7 Å². The van der Waals surface area contributed by atoms with Crippen LogP contribution in [0.3, 0.4) is 0 Å². The first-order valence-electron chi connectivity index (χ1n) is 7.66. The van der Waals surface area contributed by atoms with Crippen molar-refractivity contribution in [3.8, 4) is 0 Å². The van der Waals surface area contributed by atoms with Crippen LogP contribution in [0.5, 0.6) is 0 Å². The zero-order valence-corrected chi connectivity index (χ0v) is 16.1. The molecule has 0 radical (unpaired) electrons. The first kappa shape index (κ1) is 16.3. The summed E-state index contributed by atoms with van der Waals surface area (Å²) in [5.41, 5.74) is 2.33. The predicted octanol–water partition coefficient (Wildman–Crippen LogP) is 3.71. The fraction of sp³-hybridized carbons (Fsp3) is 0.118. The van der Waals surface area contributed by atoms with E-state index in [4.69, 9.17) is 0 Å². The van der Waals surface area contributed by atoms with E-state index in [1.165, 1.54) is 0 Å². The van der Waals surface area contributed by atoms with Gasteiger partial charge in [0.25, 0.3) is 5.91 Å². The third kappa shape index (κ3) is 3.07. The Hall–Kier alpha value is -2.19. The van der Waals surface area contributed by atoms with Crippen molar-refractivity contribution in [2.45, 2.75) is 6.42 Å². The highest BCUT2D eigenvalue weighted by Crippen LogP contribution is 2.30. The van der Waals surface area contributed by atoms with E-state index in [9.17, 15) is 4.79 Å². The number of benzene rings is 1. The molecular formula is C17H13Br2N5O. The van der Waals surface area contributed by atoms with Crippen molar-refractivity contribution < 1.29 is 4.79 Å². The van der Waals surface area contributed by atoms with Crippen molar-refractivity contribution in [3.05, 3.63) is 63.1 Å². The van der Waals surface area contributed by atoms with E-state index in [1.807, 2.05) is 40.9 Å². The molecule has 0 aliphatic carbocycles. The second kappa shape index (κ2) is 6.61. The molecule has 0 aliphatic heterocycles. The molecule has 25 heavy (non-hydrogen) atoms. The molecule has 8 heteroatoms. The molecule has 0 aliphatic rings. The number of H-pyrrole nitrogens is 1. The second-order valence-electron chi connectivity index (χ2n) is 5.57. The van der Waals surface area contributed by atoms with Gasteiger partial charge in [-0.3, -0.25) is 9.20 Å². The molecule has 0 fully saturated rings. The van der Waals surface area contributed by atoms with Gasteiger partial charge in [-0.25, -0.2) is 0 Å². The summed E-state index contributed by atoms with van der Waals surface area (Å²) in [6, 6.07) is 9.62. The van der Waals surface area contributed by atoms with Gasteiger partial charge in [-0.15, -0.1) is 10.2 Å². The van der Waals surface area contributed by atoms with Gasteiger partial charge in [-0.1, -0.05) is 6.07 Å². The lowest BCUT2D eigenvalue weighted by atomic mass is 10.1. The van der Waals surface area contributed by atoms with Crippen molar-refractivity contribution in [1.82, 2.24) is 24.9 Å². The van der Waals surface area contributed by atoms with Crippen LogP contribution in [0.2, 0.25) is 0 Å². The molecule has 4 rings (SSSR count). The summed E-state index contributed by atoms with van der Waals surface area (Å²) < 4.78 is 3.77. The fourth-order valence-corrected chi connectivity index (χ4v) is 3.44. The van der Waals surface area contributed by atoms with Gasteiger partial charge in [0.1, 0.15) is 5.82 Å². The third-order valence-corrected chi connectivity index (χ3v) is 5.83. The third-order valence-electron chi connectivity index (χ3n) is 3.99. The van der Waals surface area contributed by atoms with Crippen LogP contribution in [0.4, 0.5) is 0 Å².